The standard InChI is InChI=1S/C21H18BrN7O4/c1-12(14-6-8-16(9-7-14)29(32)33)25-26-20-23-18-17(19(30)24-21(31)27(18)2)28(20)11-13-4-3-5-15(22)10-13/h3-10,25H,1,11H2,2H3,(H,23,26)(H,24,30,31). The van der Waals surface area contributed by atoms with Crippen molar-refractivity contribution in [3.63, 3.8) is 0 Å². The lowest BCUT2D eigenvalue weighted by Gasteiger charge is -2.14. The molecule has 2 aromatic heterocycles. The number of nitro benzene ring substituents is 1. The van der Waals surface area contributed by atoms with E-state index in [0.29, 0.717) is 17.8 Å². The van der Waals surface area contributed by atoms with Gasteiger partial charge in [-0.15, -0.1) is 0 Å². The zero-order chi connectivity index (χ0) is 23.7. The minimum Gasteiger partial charge on any atom is -0.298 e. The molecule has 33 heavy (non-hydrogen) atoms. The van der Waals surface area contributed by atoms with Crippen LogP contribution in [0.5, 0.6) is 0 Å². The Balaban J connectivity index is 1.70. The molecule has 0 bridgehead atoms. The summed E-state index contributed by atoms with van der Waals surface area (Å²) in [6, 6.07) is 13.5. The van der Waals surface area contributed by atoms with Crippen LogP contribution in [-0.2, 0) is 13.6 Å². The van der Waals surface area contributed by atoms with Crippen molar-refractivity contribution in [3.8, 4) is 0 Å². The molecule has 2 heterocycles. The van der Waals surface area contributed by atoms with E-state index in [0.717, 1.165) is 10.0 Å². The Morgan fingerprint density at radius 1 is 1.24 bits per heavy atom. The van der Waals surface area contributed by atoms with Gasteiger partial charge in [-0.1, -0.05) is 34.6 Å². The van der Waals surface area contributed by atoms with Gasteiger partial charge in [-0.3, -0.25) is 39.9 Å². The third kappa shape index (κ3) is 4.41. The highest BCUT2D eigenvalue weighted by Gasteiger charge is 2.18. The summed E-state index contributed by atoms with van der Waals surface area (Å²) >= 11 is 3.44. The number of hydrogen-bond donors (Lipinski definition) is 3. The van der Waals surface area contributed by atoms with Gasteiger partial charge >= 0.3 is 5.69 Å². The minimum atomic E-state index is -0.575. The third-order valence-corrected chi connectivity index (χ3v) is 5.48. The van der Waals surface area contributed by atoms with Gasteiger partial charge in [0.15, 0.2) is 11.2 Å². The molecule has 0 aliphatic carbocycles. The number of hydrazine groups is 1. The molecule has 0 aliphatic rings. The number of benzene rings is 2. The summed E-state index contributed by atoms with van der Waals surface area (Å²) in [7, 11) is 1.52. The lowest BCUT2D eigenvalue weighted by molar-refractivity contribution is -0.384. The molecule has 168 valence electrons. The molecule has 12 heteroatoms. The van der Waals surface area contributed by atoms with Crippen LogP contribution in [0.2, 0.25) is 0 Å². The molecule has 0 aliphatic heterocycles. The van der Waals surface area contributed by atoms with Gasteiger partial charge in [0.2, 0.25) is 5.95 Å². The molecular weight excluding hydrogens is 494 g/mol. The molecule has 0 spiro atoms. The zero-order valence-corrected chi connectivity index (χ0v) is 18.9. The first-order chi connectivity index (χ1) is 15.7. The van der Waals surface area contributed by atoms with Crippen LogP contribution in [0.4, 0.5) is 11.6 Å². The van der Waals surface area contributed by atoms with Crippen molar-refractivity contribution in [3.05, 3.63) is 102 Å². The maximum atomic E-state index is 12.6. The van der Waals surface area contributed by atoms with Crippen molar-refractivity contribution in [2.24, 2.45) is 7.05 Å². The first-order valence-corrected chi connectivity index (χ1v) is 10.4. The van der Waals surface area contributed by atoms with E-state index in [-0.39, 0.29) is 22.8 Å². The highest BCUT2D eigenvalue weighted by Crippen LogP contribution is 2.20. The SMILES string of the molecule is C=C(NNc1nc2c(c(=O)[nH]c(=O)n2C)n1Cc1cccc(Br)c1)c1ccc([N+](=O)[O-])cc1. The molecule has 0 radical (unpaired) electrons. The van der Waals surface area contributed by atoms with Gasteiger partial charge in [0.25, 0.3) is 11.2 Å². The number of hydrogen-bond acceptors (Lipinski definition) is 7. The van der Waals surface area contributed by atoms with Crippen LogP contribution >= 0.6 is 15.9 Å². The van der Waals surface area contributed by atoms with Crippen molar-refractivity contribution in [1.29, 1.82) is 0 Å². The van der Waals surface area contributed by atoms with Crippen LogP contribution in [0, 0.1) is 10.1 Å². The quantitative estimate of drug-likeness (QED) is 0.256. The Bertz CT molecular complexity index is 1500. The first kappa shape index (κ1) is 22.0. The normalized spacial score (nSPS) is 10.8. The molecule has 0 unspecified atom stereocenters. The Morgan fingerprint density at radius 2 is 1.97 bits per heavy atom. The number of nitrogens with one attached hydrogen (secondary N) is 3. The van der Waals surface area contributed by atoms with Crippen molar-refractivity contribution in [1.82, 2.24) is 24.5 Å². The Hall–Kier alpha value is -4.19. The van der Waals surface area contributed by atoms with Gasteiger partial charge in [-0.05, 0) is 35.4 Å². The summed E-state index contributed by atoms with van der Waals surface area (Å²) in [4.78, 5) is 41.8. The van der Waals surface area contributed by atoms with Gasteiger partial charge < -0.3 is 0 Å². The van der Waals surface area contributed by atoms with E-state index in [1.807, 2.05) is 24.3 Å². The average Bonchev–Trinajstić information content (AvgIpc) is 3.14. The molecule has 0 fully saturated rings. The molecule has 0 amide bonds. The number of fused-ring (bicyclic) bond motifs is 1. The van der Waals surface area contributed by atoms with Crippen LogP contribution < -0.4 is 22.1 Å². The van der Waals surface area contributed by atoms with Crippen molar-refractivity contribution in [2.75, 3.05) is 5.43 Å². The van der Waals surface area contributed by atoms with Crippen molar-refractivity contribution < 1.29 is 4.92 Å². The molecule has 11 nitrogen and oxygen atoms in total. The lowest BCUT2D eigenvalue weighted by Crippen LogP contribution is -2.29. The molecule has 2 aromatic carbocycles. The summed E-state index contributed by atoms with van der Waals surface area (Å²) < 4.78 is 3.78. The number of rotatable bonds is 7. The van der Waals surface area contributed by atoms with E-state index in [9.17, 15) is 19.7 Å². The molecule has 0 saturated heterocycles. The highest BCUT2D eigenvalue weighted by molar-refractivity contribution is 9.10. The van der Waals surface area contributed by atoms with E-state index < -0.39 is 16.2 Å². The number of nitro groups is 1. The second-order valence-corrected chi connectivity index (χ2v) is 8.09. The van der Waals surface area contributed by atoms with Gasteiger partial charge in [-0.2, -0.15) is 4.98 Å². The van der Waals surface area contributed by atoms with E-state index in [2.05, 4.69) is 43.3 Å². The van der Waals surface area contributed by atoms with E-state index >= 15 is 0 Å². The van der Waals surface area contributed by atoms with Gasteiger partial charge in [-0.25, -0.2) is 4.79 Å². The average molecular weight is 512 g/mol. The van der Waals surface area contributed by atoms with Crippen LogP contribution in [-0.4, -0.2) is 24.0 Å². The number of anilines is 1. The number of nitrogens with zero attached hydrogens (tertiary/aromatic N) is 4. The molecule has 0 atom stereocenters. The number of imidazole rings is 1. The topological polar surface area (TPSA) is 140 Å². The van der Waals surface area contributed by atoms with Gasteiger partial charge in [0.05, 0.1) is 17.2 Å². The van der Waals surface area contributed by atoms with Crippen LogP contribution in [0.1, 0.15) is 11.1 Å². The summed E-state index contributed by atoms with van der Waals surface area (Å²) in [6.45, 7) is 4.23. The van der Waals surface area contributed by atoms with Gasteiger partial charge in [0.1, 0.15) is 0 Å². The number of non-ortho nitro benzene ring substituents is 1. The van der Waals surface area contributed by atoms with E-state index in [4.69, 9.17) is 0 Å². The maximum absolute atomic E-state index is 12.6. The predicted molar refractivity (Wildman–Crippen MR) is 128 cm³/mol. The smallest absolute Gasteiger partial charge is 0.298 e. The third-order valence-electron chi connectivity index (χ3n) is 4.99. The first-order valence-electron chi connectivity index (χ1n) is 9.64. The molecule has 4 aromatic rings. The monoisotopic (exact) mass is 511 g/mol. The molecule has 3 N–H and O–H groups in total. The van der Waals surface area contributed by atoms with Gasteiger partial charge in [0, 0.05) is 23.7 Å². The van der Waals surface area contributed by atoms with Crippen LogP contribution in [0.3, 0.4) is 0 Å². The Labute approximate surface area is 194 Å². The fraction of sp³-hybridized carbons (Fsp3) is 0.0952. The number of H-pyrrole nitrogens is 1. The number of aromatic amines is 1. The lowest BCUT2D eigenvalue weighted by atomic mass is 10.1. The van der Waals surface area contributed by atoms with Crippen molar-refractivity contribution in [2.45, 2.75) is 6.54 Å². The molecular formula is C21H18BrN7O4. The predicted octanol–water partition coefficient (Wildman–Crippen LogP) is 2.73. The summed E-state index contributed by atoms with van der Waals surface area (Å²) in [5.74, 6) is 0.278. The second-order valence-electron chi connectivity index (χ2n) is 7.17. The molecule has 4 rings (SSSR count). The van der Waals surface area contributed by atoms with Crippen molar-refractivity contribution >= 4 is 44.4 Å². The minimum absolute atomic E-state index is 0.0320. The summed E-state index contributed by atoms with van der Waals surface area (Å²) in [5, 5.41) is 10.9. The van der Waals surface area contributed by atoms with E-state index in [1.54, 1.807) is 16.7 Å². The van der Waals surface area contributed by atoms with E-state index in [1.165, 1.54) is 23.7 Å². The zero-order valence-electron chi connectivity index (χ0n) is 17.3. The Kier molecular flexibility index (Phi) is 5.84. The summed E-state index contributed by atoms with van der Waals surface area (Å²) in [6.07, 6.45) is 0. The largest absolute Gasteiger partial charge is 0.329 e. The number of halogens is 1. The van der Waals surface area contributed by atoms with Crippen LogP contribution in [0.15, 0.2) is 69.2 Å². The second kappa shape index (κ2) is 8.74. The maximum Gasteiger partial charge on any atom is 0.329 e. The number of aromatic nitrogens is 4. The Morgan fingerprint density at radius 3 is 2.64 bits per heavy atom. The highest BCUT2D eigenvalue weighted by atomic mass is 79.9. The fourth-order valence-electron chi connectivity index (χ4n) is 3.29. The molecule has 0 saturated carbocycles. The fourth-order valence-corrected chi connectivity index (χ4v) is 3.74. The summed E-state index contributed by atoms with van der Waals surface area (Å²) in [5.41, 5.74) is 7.06. The number of aryl methyl sites for hydroxylation is 1. The van der Waals surface area contributed by atoms with Crippen LogP contribution in [0.25, 0.3) is 16.9 Å².